The van der Waals surface area contributed by atoms with Gasteiger partial charge >= 0.3 is 0 Å². The molecule has 136 valence electrons. The van der Waals surface area contributed by atoms with Gasteiger partial charge in [0.1, 0.15) is 0 Å². The number of aromatic nitrogens is 3. The van der Waals surface area contributed by atoms with Gasteiger partial charge in [-0.1, -0.05) is 66.4 Å². The van der Waals surface area contributed by atoms with Crippen LogP contribution in [-0.2, 0) is 0 Å². The molecular formula is C22H15N3O2S. The number of hydrogen-bond donors (Lipinski definition) is 0. The van der Waals surface area contributed by atoms with E-state index >= 15 is 0 Å². The SMILES string of the molecule is O=C(CSc1nnc(-c2ccccc2)o1)n1c2ccccc2c2ccccc21. The van der Waals surface area contributed by atoms with Gasteiger partial charge in [-0.3, -0.25) is 9.36 Å². The first-order valence-corrected chi connectivity index (χ1v) is 9.83. The molecule has 0 aliphatic rings. The third-order valence-corrected chi connectivity index (χ3v) is 5.38. The van der Waals surface area contributed by atoms with Gasteiger partial charge in [0.05, 0.1) is 16.8 Å². The minimum Gasteiger partial charge on any atom is -0.411 e. The molecule has 3 aromatic carbocycles. The predicted octanol–water partition coefficient (Wildman–Crippen LogP) is 5.28. The van der Waals surface area contributed by atoms with Crippen molar-refractivity contribution in [3.63, 3.8) is 0 Å². The van der Waals surface area contributed by atoms with Crippen LogP contribution in [0.4, 0.5) is 0 Å². The summed E-state index contributed by atoms with van der Waals surface area (Å²) in [7, 11) is 0. The van der Waals surface area contributed by atoms with E-state index in [0.717, 1.165) is 27.4 Å². The molecule has 5 rings (SSSR count). The molecule has 0 N–H and O–H groups in total. The molecule has 0 radical (unpaired) electrons. The molecule has 0 bridgehead atoms. The van der Waals surface area contributed by atoms with Crippen LogP contribution in [0, 0.1) is 0 Å². The van der Waals surface area contributed by atoms with Gasteiger partial charge < -0.3 is 4.42 Å². The molecule has 0 atom stereocenters. The van der Waals surface area contributed by atoms with Crippen molar-refractivity contribution in [1.29, 1.82) is 0 Å². The van der Waals surface area contributed by atoms with Crippen LogP contribution < -0.4 is 0 Å². The first kappa shape index (κ1) is 16.8. The molecule has 5 nitrogen and oxygen atoms in total. The van der Waals surface area contributed by atoms with Crippen molar-refractivity contribution in [2.45, 2.75) is 5.22 Å². The van der Waals surface area contributed by atoms with E-state index in [0.29, 0.717) is 11.1 Å². The van der Waals surface area contributed by atoms with Crippen molar-refractivity contribution in [2.24, 2.45) is 0 Å². The fourth-order valence-corrected chi connectivity index (χ4v) is 3.96. The van der Waals surface area contributed by atoms with E-state index in [2.05, 4.69) is 10.2 Å². The maximum atomic E-state index is 13.0. The molecule has 2 aromatic heterocycles. The Morgan fingerprint density at radius 3 is 2.11 bits per heavy atom. The second kappa shape index (κ2) is 6.98. The van der Waals surface area contributed by atoms with Crippen molar-refractivity contribution in [2.75, 3.05) is 5.75 Å². The van der Waals surface area contributed by atoms with E-state index in [1.54, 1.807) is 4.57 Å². The highest BCUT2D eigenvalue weighted by molar-refractivity contribution is 7.99. The number of benzene rings is 3. The Labute approximate surface area is 165 Å². The topological polar surface area (TPSA) is 60.9 Å². The summed E-state index contributed by atoms with van der Waals surface area (Å²) in [6.45, 7) is 0. The van der Waals surface area contributed by atoms with Gasteiger partial charge in [-0.15, -0.1) is 10.2 Å². The number of nitrogens with zero attached hydrogens (tertiary/aromatic N) is 3. The predicted molar refractivity (Wildman–Crippen MR) is 111 cm³/mol. The standard InChI is InChI=1S/C22H15N3O2S/c26-20(14-28-22-24-23-21(27-22)15-8-2-1-3-9-15)25-18-12-6-4-10-16(18)17-11-5-7-13-19(17)25/h1-13H,14H2. The summed E-state index contributed by atoms with van der Waals surface area (Å²) < 4.78 is 7.46. The van der Waals surface area contributed by atoms with E-state index in [4.69, 9.17) is 4.42 Å². The highest BCUT2D eigenvalue weighted by atomic mass is 32.2. The van der Waals surface area contributed by atoms with E-state index < -0.39 is 0 Å². The molecule has 5 aromatic rings. The summed E-state index contributed by atoms with van der Waals surface area (Å²) in [5.74, 6) is 0.633. The molecule has 0 saturated heterocycles. The average molecular weight is 385 g/mol. The van der Waals surface area contributed by atoms with Crippen LogP contribution in [0.3, 0.4) is 0 Å². The first-order chi connectivity index (χ1) is 13.8. The second-order valence-electron chi connectivity index (χ2n) is 6.29. The maximum absolute atomic E-state index is 13.0. The van der Waals surface area contributed by atoms with E-state index in [1.807, 2.05) is 78.9 Å². The van der Waals surface area contributed by atoms with Crippen LogP contribution in [0.1, 0.15) is 4.79 Å². The van der Waals surface area contributed by atoms with Crippen LogP contribution in [0.2, 0.25) is 0 Å². The van der Waals surface area contributed by atoms with Crippen molar-refractivity contribution in [3.05, 3.63) is 78.9 Å². The molecule has 28 heavy (non-hydrogen) atoms. The van der Waals surface area contributed by atoms with Gasteiger partial charge in [0.25, 0.3) is 5.22 Å². The van der Waals surface area contributed by atoms with Crippen LogP contribution >= 0.6 is 11.8 Å². The van der Waals surface area contributed by atoms with Crippen LogP contribution in [0.5, 0.6) is 0 Å². The third kappa shape index (κ3) is 2.88. The van der Waals surface area contributed by atoms with Crippen LogP contribution in [-0.4, -0.2) is 26.4 Å². The first-order valence-electron chi connectivity index (χ1n) is 8.84. The molecule has 0 aliphatic heterocycles. The molecule has 0 saturated carbocycles. The van der Waals surface area contributed by atoms with Gasteiger partial charge in [-0.2, -0.15) is 0 Å². The number of fused-ring (bicyclic) bond motifs is 3. The molecule has 0 unspecified atom stereocenters. The van der Waals surface area contributed by atoms with Gasteiger partial charge in [0.15, 0.2) is 0 Å². The highest BCUT2D eigenvalue weighted by Crippen LogP contribution is 2.30. The molecule has 0 aliphatic carbocycles. The largest absolute Gasteiger partial charge is 0.411 e. The van der Waals surface area contributed by atoms with Crippen molar-refractivity contribution in [1.82, 2.24) is 14.8 Å². The lowest BCUT2D eigenvalue weighted by Gasteiger charge is -2.04. The number of thioether (sulfide) groups is 1. The lowest BCUT2D eigenvalue weighted by molar-refractivity contribution is 0.0951. The zero-order valence-electron chi connectivity index (χ0n) is 14.8. The Bertz CT molecular complexity index is 1240. The average Bonchev–Trinajstić information content (AvgIpc) is 3.36. The molecule has 6 heteroatoms. The lowest BCUT2D eigenvalue weighted by Crippen LogP contribution is -2.12. The molecule has 0 amide bonds. The van der Waals surface area contributed by atoms with Crippen LogP contribution in [0.25, 0.3) is 33.3 Å². The normalized spacial score (nSPS) is 11.3. The summed E-state index contributed by atoms with van der Waals surface area (Å²) in [6, 6.07) is 25.5. The minimum absolute atomic E-state index is 0.0261. The number of carbonyl (C=O) groups excluding carboxylic acids is 1. The van der Waals surface area contributed by atoms with Crippen molar-refractivity contribution in [3.8, 4) is 11.5 Å². The van der Waals surface area contributed by atoms with Crippen LogP contribution in [0.15, 0.2) is 88.5 Å². The smallest absolute Gasteiger partial charge is 0.277 e. The third-order valence-electron chi connectivity index (χ3n) is 4.58. The summed E-state index contributed by atoms with van der Waals surface area (Å²) in [6.07, 6.45) is 0. The Balaban J connectivity index is 1.43. The number of rotatable bonds is 4. The van der Waals surface area contributed by atoms with Gasteiger partial charge in [-0.25, -0.2) is 0 Å². The number of para-hydroxylation sites is 2. The lowest BCUT2D eigenvalue weighted by atomic mass is 10.2. The highest BCUT2D eigenvalue weighted by Gasteiger charge is 2.17. The summed E-state index contributed by atoms with van der Waals surface area (Å²) >= 11 is 1.25. The van der Waals surface area contributed by atoms with E-state index in [1.165, 1.54) is 11.8 Å². The Morgan fingerprint density at radius 2 is 1.43 bits per heavy atom. The number of carbonyl (C=O) groups is 1. The van der Waals surface area contributed by atoms with E-state index in [-0.39, 0.29) is 11.7 Å². The zero-order chi connectivity index (χ0) is 18.9. The molecule has 2 heterocycles. The minimum atomic E-state index is -0.0261. The summed E-state index contributed by atoms with van der Waals surface area (Å²) in [5.41, 5.74) is 2.67. The number of hydrogen-bond acceptors (Lipinski definition) is 5. The zero-order valence-corrected chi connectivity index (χ0v) is 15.6. The van der Waals surface area contributed by atoms with Gasteiger partial charge in [0, 0.05) is 16.3 Å². The Kier molecular flexibility index (Phi) is 4.18. The van der Waals surface area contributed by atoms with Crippen molar-refractivity contribution < 1.29 is 9.21 Å². The van der Waals surface area contributed by atoms with Crippen molar-refractivity contribution >= 4 is 39.5 Å². The molecular weight excluding hydrogens is 370 g/mol. The molecule has 0 spiro atoms. The quantitative estimate of drug-likeness (QED) is 0.394. The summed E-state index contributed by atoms with van der Waals surface area (Å²) in [4.78, 5) is 13.0. The monoisotopic (exact) mass is 385 g/mol. The second-order valence-corrected chi connectivity index (χ2v) is 7.22. The maximum Gasteiger partial charge on any atom is 0.277 e. The van der Waals surface area contributed by atoms with Gasteiger partial charge in [-0.05, 0) is 24.3 Å². The summed E-state index contributed by atoms with van der Waals surface area (Å²) in [5, 5.41) is 10.6. The molecule has 0 fully saturated rings. The fourth-order valence-electron chi connectivity index (χ4n) is 3.34. The Morgan fingerprint density at radius 1 is 0.821 bits per heavy atom. The fraction of sp³-hybridized carbons (Fsp3) is 0.0455. The van der Waals surface area contributed by atoms with Gasteiger partial charge in [0.2, 0.25) is 11.8 Å². The van der Waals surface area contributed by atoms with E-state index in [9.17, 15) is 4.79 Å². The Hall–Kier alpha value is -3.38.